The predicted molar refractivity (Wildman–Crippen MR) is 262 cm³/mol. The van der Waals surface area contributed by atoms with E-state index >= 15 is 0 Å². The lowest BCUT2D eigenvalue weighted by molar-refractivity contribution is -0.142. The van der Waals surface area contributed by atoms with Crippen LogP contribution in [0, 0.1) is 11.8 Å². The third-order valence-electron chi connectivity index (χ3n) is 10.3. The Morgan fingerprint density at radius 1 is 0.485 bits per heavy atom. The molecule has 8 aromatic rings. The van der Waals surface area contributed by atoms with E-state index in [4.69, 9.17) is 9.47 Å². The molecule has 0 aliphatic carbocycles. The molecule has 0 amide bonds. The molecule has 8 rings (SSSR count). The van der Waals surface area contributed by atoms with Gasteiger partial charge in [-0.25, -0.2) is 29.5 Å². The minimum absolute atomic E-state index is 0.339. The van der Waals surface area contributed by atoms with Crippen LogP contribution in [-0.2, 0) is 31.9 Å². The fourth-order valence-corrected chi connectivity index (χ4v) is 6.83. The normalized spacial score (nSPS) is 11.4. The maximum atomic E-state index is 12.3. The zero-order valence-corrected chi connectivity index (χ0v) is 36.6. The van der Waals surface area contributed by atoms with Gasteiger partial charge in [-0.15, -0.1) is 0 Å². The molecule has 0 bridgehead atoms. The largest absolute Gasteiger partial charge is 0.467 e. The number of benzene rings is 6. The Hall–Kier alpha value is -8.68. The number of nitrogens with one attached hydrogen (secondary N) is 2. The van der Waals surface area contributed by atoms with E-state index in [-0.39, 0.29) is 11.9 Å². The van der Waals surface area contributed by atoms with Crippen molar-refractivity contribution >= 4 is 35.7 Å². The second-order valence-electron chi connectivity index (χ2n) is 15.0. The summed E-state index contributed by atoms with van der Waals surface area (Å²) in [6.07, 6.45) is 8.13. The van der Waals surface area contributed by atoms with Crippen LogP contribution in [0.4, 0.5) is 11.6 Å². The zero-order chi connectivity index (χ0) is 45.8. The first-order chi connectivity index (χ1) is 32.4. The lowest BCUT2D eigenvalue weighted by Crippen LogP contribution is -2.33. The number of esters is 2. The van der Waals surface area contributed by atoms with Crippen molar-refractivity contribution in [3.63, 3.8) is 0 Å². The van der Waals surface area contributed by atoms with Crippen LogP contribution >= 0.6 is 0 Å². The Labute approximate surface area is 385 Å². The van der Waals surface area contributed by atoms with Gasteiger partial charge in [0.25, 0.3) is 0 Å². The third kappa shape index (κ3) is 13.7. The monoisotopic (exact) mass is 868 g/mol. The topological polar surface area (TPSA) is 128 Å². The number of methoxy groups -OCH3 is 2. The third-order valence-corrected chi connectivity index (χ3v) is 10.3. The Morgan fingerprint density at radius 2 is 0.864 bits per heavy atom. The van der Waals surface area contributed by atoms with Crippen molar-refractivity contribution in [2.45, 2.75) is 24.9 Å². The highest BCUT2D eigenvalue weighted by atomic mass is 16.5. The van der Waals surface area contributed by atoms with Gasteiger partial charge < -0.3 is 20.1 Å². The Kier molecular flexibility index (Phi) is 16.3. The quantitative estimate of drug-likeness (QED) is 0.0619. The number of hydrogen-bond donors (Lipinski definition) is 2. The van der Waals surface area contributed by atoms with Crippen molar-refractivity contribution in [1.29, 1.82) is 0 Å². The van der Waals surface area contributed by atoms with Crippen LogP contribution in [0.3, 0.4) is 0 Å². The van der Waals surface area contributed by atoms with E-state index in [0.717, 1.165) is 55.9 Å². The second-order valence-corrected chi connectivity index (χ2v) is 15.0. The van der Waals surface area contributed by atoms with Gasteiger partial charge in [-0.05, 0) is 46.5 Å². The van der Waals surface area contributed by atoms with Gasteiger partial charge in [0.15, 0.2) is 0 Å². The van der Waals surface area contributed by atoms with Crippen LogP contribution in [0.2, 0.25) is 0 Å². The molecule has 10 nitrogen and oxygen atoms in total. The first kappa shape index (κ1) is 45.3. The number of carbonyl (C=O) groups is 2. The van der Waals surface area contributed by atoms with Gasteiger partial charge in [-0.3, -0.25) is 0 Å². The van der Waals surface area contributed by atoms with E-state index in [1.165, 1.54) is 26.9 Å². The number of rotatable bonds is 14. The molecule has 6 aromatic carbocycles. The molecule has 0 aliphatic heterocycles. The summed E-state index contributed by atoms with van der Waals surface area (Å²) in [6.45, 7) is 0. The van der Waals surface area contributed by atoms with Gasteiger partial charge in [0.05, 0.1) is 25.6 Å². The average molecular weight is 869 g/mol. The number of ether oxygens (including phenoxy) is 2. The minimum Gasteiger partial charge on any atom is -0.467 e. The molecule has 0 aliphatic rings. The van der Waals surface area contributed by atoms with Crippen molar-refractivity contribution in [3.8, 4) is 34.4 Å². The first-order valence-corrected chi connectivity index (χ1v) is 21.3. The lowest BCUT2D eigenvalue weighted by Gasteiger charge is -2.17. The molecule has 0 saturated heterocycles. The average Bonchev–Trinajstić information content (AvgIpc) is 3.38. The summed E-state index contributed by atoms with van der Waals surface area (Å²) in [5.41, 5.74) is 9.64. The number of carbonyl (C=O) groups excluding carboxylic acids is 2. The molecule has 2 aromatic heterocycles. The first-order valence-electron chi connectivity index (χ1n) is 21.3. The molecular weight excluding hydrogens is 821 g/mol. The number of anilines is 2. The highest BCUT2D eigenvalue weighted by molar-refractivity contribution is 5.80. The fourth-order valence-electron chi connectivity index (χ4n) is 6.83. The number of nitrogens with zero attached hydrogens (tertiary/aromatic N) is 4. The summed E-state index contributed by atoms with van der Waals surface area (Å²) in [6, 6.07) is 58.3. The molecule has 2 heterocycles. The molecule has 66 heavy (non-hydrogen) atoms. The molecule has 326 valence electrons. The van der Waals surface area contributed by atoms with Crippen LogP contribution in [-0.4, -0.2) is 58.2 Å². The van der Waals surface area contributed by atoms with Crippen LogP contribution in [0.1, 0.15) is 33.4 Å². The fraction of sp³-hybridized carbons (Fsp3) is 0.107. The van der Waals surface area contributed by atoms with Crippen LogP contribution in [0.25, 0.3) is 34.7 Å². The Bertz CT molecular complexity index is 2870. The molecule has 0 radical (unpaired) electrons. The molecule has 2 atom stereocenters. The van der Waals surface area contributed by atoms with Gasteiger partial charge in [0.2, 0.25) is 0 Å². The molecule has 0 saturated carbocycles. The Morgan fingerprint density at radius 3 is 1.30 bits per heavy atom. The lowest BCUT2D eigenvalue weighted by atomic mass is 10.1. The molecule has 0 spiro atoms. The summed E-state index contributed by atoms with van der Waals surface area (Å²) < 4.78 is 9.97. The standard InChI is InChI=1S/C28H25N3O2.C28H23N3O2/c2*1-33-28(32)26(18-23-10-6-3-7-11-23)31-27-19-25(29-20-30-27)24-16-14-22(15-17-24)13-12-21-8-4-2-5-9-21/h2-17,19-20,26H,18H2,1H3,(H,29,30,31);2-11,14-17,19-20,26H,18H2,1H3,(H,29,30,31)/b13-12-;. The van der Waals surface area contributed by atoms with Crippen molar-refractivity contribution in [3.05, 3.63) is 228 Å². The smallest absolute Gasteiger partial charge is 0.328 e. The van der Waals surface area contributed by atoms with E-state index in [2.05, 4.69) is 78.8 Å². The number of aromatic nitrogens is 4. The maximum absolute atomic E-state index is 12.3. The van der Waals surface area contributed by atoms with Crippen LogP contribution in [0.5, 0.6) is 0 Å². The highest BCUT2D eigenvalue weighted by Crippen LogP contribution is 2.23. The molecule has 10 heteroatoms. The van der Waals surface area contributed by atoms with Gasteiger partial charge in [-0.1, -0.05) is 170 Å². The summed E-state index contributed by atoms with van der Waals surface area (Å²) in [4.78, 5) is 42.1. The van der Waals surface area contributed by atoms with Crippen LogP contribution < -0.4 is 10.6 Å². The van der Waals surface area contributed by atoms with Gasteiger partial charge in [0.1, 0.15) is 36.4 Å². The van der Waals surface area contributed by atoms with Crippen LogP contribution in [0.15, 0.2) is 195 Å². The van der Waals surface area contributed by atoms with Gasteiger partial charge in [-0.2, -0.15) is 0 Å². The zero-order valence-electron chi connectivity index (χ0n) is 36.6. The highest BCUT2D eigenvalue weighted by Gasteiger charge is 2.22. The van der Waals surface area contributed by atoms with E-state index in [9.17, 15) is 9.59 Å². The molecule has 2 unspecified atom stereocenters. The van der Waals surface area contributed by atoms with E-state index in [1.54, 1.807) is 0 Å². The molecule has 0 fully saturated rings. The van der Waals surface area contributed by atoms with Gasteiger partial charge >= 0.3 is 11.9 Å². The minimum atomic E-state index is -0.559. The number of hydrogen-bond acceptors (Lipinski definition) is 10. The summed E-state index contributed by atoms with van der Waals surface area (Å²) in [7, 11) is 2.77. The maximum Gasteiger partial charge on any atom is 0.328 e. The summed E-state index contributed by atoms with van der Waals surface area (Å²) in [5.74, 6) is 6.77. The van der Waals surface area contributed by atoms with Crippen molar-refractivity contribution in [1.82, 2.24) is 19.9 Å². The molecule has 2 N–H and O–H groups in total. The van der Waals surface area contributed by atoms with E-state index in [0.29, 0.717) is 24.5 Å². The SMILES string of the molecule is COC(=O)C(Cc1ccccc1)Nc1cc(-c2ccc(/C=C\c3ccccc3)cc2)ncn1.COC(=O)C(Cc1ccccc1)Nc1cc(-c2ccc(C#Cc3ccccc3)cc2)ncn1. The summed E-state index contributed by atoms with van der Waals surface area (Å²) in [5, 5.41) is 6.39. The van der Waals surface area contributed by atoms with Crippen molar-refractivity contribution in [2.24, 2.45) is 0 Å². The summed E-state index contributed by atoms with van der Waals surface area (Å²) >= 11 is 0. The second kappa shape index (κ2) is 23.7. The predicted octanol–water partition coefficient (Wildman–Crippen LogP) is 10.2. The van der Waals surface area contributed by atoms with E-state index < -0.39 is 12.1 Å². The van der Waals surface area contributed by atoms with Crippen molar-refractivity contribution in [2.75, 3.05) is 24.9 Å². The Balaban J connectivity index is 0.000000196. The van der Waals surface area contributed by atoms with Gasteiger partial charge in [0, 0.05) is 47.2 Å². The van der Waals surface area contributed by atoms with E-state index in [1.807, 2.05) is 158 Å². The molecular formula is C56H48N6O4. The van der Waals surface area contributed by atoms with Crippen molar-refractivity contribution < 1.29 is 19.1 Å².